The lowest BCUT2D eigenvalue weighted by Gasteiger charge is -2.23. The summed E-state index contributed by atoms with van der Waals surface area (Å²) < 4.78 is 0.725. The summed E-state index contributed by atoms with van der Waals surface area (Å²) in [6, 6.07) is 6.63. The molecule has 7 heteroatoms. The van der Waals surface area contributed by atoms with E-state index in [2.05, 4.69) is 26.6 Å². The van der Waals surface area contributed by atoms with Crippen LogP contribution in [-0.2, 0) is 15.1 Å². The van der Waals surface area contributed by atoms with Crippen molar-refractivity contribution in [2.75, 3.05) is 13.1 Å². The molecule has 0 aliphatic carbocycles. The maximum Gasteiger partial charge on any atom is 0.325 e. The first-order valence-corrected chi connectivity index (χ1v) is 7.85. The van der Waals surface area contributed by atoms with Crippen LogP contribution in [0.1, 0.15) is 25.8 Å². The van der Waals surface area contributed by atoms with Gasteiger partial charge in [-0.15, -0.1) is 0 Å². The fourth-order valence-corrected chi connectivity index (χ4v) is 3.04. The predicted octanol–water partition coefficient (Wildman–Crippen LogP) is 1.74. The van der Waals surface area contributed by atoms with Crippen LogP contribution < -0.4 is 10.6 Å². The van der Waals surface area contributed by atoms with E-state index < -0.39 is 17.5 Å². The highest BCUT2D eigenvalue weighted by Crippen LogP contribution is 2.33. The molecule has 0 bridgehead atoms. The van der Waals surface area contributed by atoms with Crippen molar-refractivity contribution >= 4 is 33.8 Å². The van der Waals surface area contributed by atoms with Crippen molar-refractivity contribution in [1.29, 1.82) is 0 Å². The zero-order chi connectivity index (χ0) is 16.3. The number of benzene rings is 1. The van der Waals surface area contributed by atoms with Gasteiger partial charge in [0.05, 0.1) is 0 Å². The van der Waals surface area contributed by atoms with Gasteiger partial charge >= 0.3 is 6.03 Å². The molecule has 6 nitrogen and oxygen atoms in total. The van der Waals surface area contributed by atoms with Gasteiger partial charge in [0.1, 0.15) is 12.1 Å². The third-order valence-electron chi connectivity index (χ3n) is 3.56. The number of carbonyl (C=O) groups excluding carboxylic acids is 3. The number of urea groups is 1. The van der Waals surface area contributed by atoms with E-state index in [0.29, 0.717) is 12.1 Å². The molecule has 1 fully saturated rings. The summed E-state index contributed by atoms with van der Waals surface area (Å²) in [5, 5.41) is 5.33. The van der Waals surface area contributed by atoms with Crippen molar-refractivity contribution in [1.82, 2.24) is 15.5 Å². The van der Waals surface area contributed by atoms with Gasteiger partial charge in [-0.2, -0.15) is 0 Å². The van der Waals surface area contributed by atoms with Crippen LogP contribution in [0.2, 0.25) is 0 Å². The molecule has 2 rings (SSSR count). The SMILES string of the molecule is CCCNC(=O)CN1C(=O)NC(C)(c2ccccc2Br)C1=O. The summed E-state index contributed by atoms with van der Waals surface area (Å²) in [5.74, 6) is -0.780. The van der Waals surface area contributed by atoms with E-state index in [1.165, 1.54) is 0 Å². The quantitative estimate of drug-likeness (QED) is 0.778. The lowest BCUT2D eigenvalue weighted by atomic mass is 9.92. The highest BCUT2D eigenvalue weighted by Gasteiger charge is 2.50. The fraction of sp³-hybridized carbons (Fsp3) is 0.400. The van der Waals surface area contributed by atoms with Crippen molar-refractivity contribution in [3.63, 3.8) is 0 Å². The van der Waals surface area contributed by atoms with Gasteiger partial charge < -0.3 is 10.6 Å². The van der Waals surface area contributed by atoms with Crippen LogP contribution >= 0.6 is 15.9 Å². The summed E-state index contributed by atoms with van der Waals surface area (Å²) in [7, 11) is 0. The van der Waals surface area contributed by atoms with Crippen molar-refractivity contribution in [3.05, 3.63) is 34.3 Å². The van der Waals surface area contributed by atoms with Crippen molar-refractivity contribution in [3.8, 4) is 0 Å². The summed E-state index contributed by atoms with van der Waals surface area (Å²) in [6.45, 7) is 3.81. The Morgan fingerprint density at radius 2 is 2.05 bits per heavy atom. The summed E-state index contributed by atoms with van der Waals surface area (Å²) in [6.07, 6.45) is 0.792. The van der Waals surface area contributed by atoms with E-state index in [1.54, 1.807) is 25.1 Å². The average molecular weight is 368 g/mol. The molecule has 22 heavy (non-hydrogen) atoms. The van der Waals surface area contributed by atoms with Gasteiger partial charge in [0.15, 0.2) is 0 Å². The number of hydrogen-bond acceptors (Lipinski definition) is 3. The molecule has 1 aromatic rings. The first-order valence-electron chi connectivity index (χ1n) is 7.06. The summed E-state index contributed by atoms with van der Waals surface area (Å²) in [5.41, 5.74) is -0.521. The van der Waals surface area contributed by atoms with Crippen LogP contribution in [0.25, 0.3) is 0 Å². The van der Waals surface area contributed by atoms with Crippen molar-refractivity contribution < 1.29 is 14.4 Å². The molecule has 1 saturated heterocycles. The van der Waals surface area contributed by atoms with Crippen LogP contribution in [0, 0.1) is 0 Å². The second-order valence-corrected chi connectivity index (χ2v) is 6.13. The molecule has 0 aromatic heterocycles. The first kappa shape index (κ1) is 16.5. The third-order valence-corrected chi connectivity index (χ3v) is 4.25. The standard InChI is InChI=1S/C15H18BrN3O3/c1-3-8-17-12(20)9-19-13(21)15(2,18-14(19)22)10-6-4-5-7-11(10)16/h4-7H,3,8-9H2,1-2H3,(H,17,20)(H,18,22). The third kappa shape index (κ3) is 2.99. The van der Waals surface area contributed by atoms with E-state index >= 15 is 0 Å². The molecule has 0 radical (unpaired) electrons. The summed E-state index contributed by atoms with van der Waals surface area (Å²) >= 11 is 3.39. The molecular formula is C15H18BrN3O3. The van der Waals surface area contributed by atoms with Crippen LogP contribution in [-0.4, -0.2) is 35.8 Å². The lowest BCUT2D eigenvalue weighted by molar-refractivity contribution is -0.134. The van der Waals surface area contributed by atoms with Crippen LogP contribution in [0.15, 0.2) is 28.7 Å². The van der Waals surface area contributed by atoms with Gasteiger partial charge in [-0.3, -0.25) is 14.5 Å². The van der Waals surface area contributed by atoms with Gasteiger partial charge in [-0.25, -0.2) is 4.79 Å². The Labute approximate surface area is 137 Å². The van der Waals surface area contributed by atoms with E-state index in [9.17, 15) is 14.4 Å². The zero-order valence-corrected chi connectivity index (χ0v) is 14.1. The normalized spacial score (nSPS) is 21.0. The zero-order valence-electron chi connectivity index (χ0n) is 12.5. The Bertz CT molecular complexity index is 620. The smallest absolute Gasteiger partial charge is 0.325 e. The Morgan fingerprint density at radius 1 is 1.36 bits per heavy atom. The van der Waals surface area contributed by atoms with Gasteiger partial charge in [0.25, 0.3) is 5.91 Å². The number of imide groups is 1. The maximum atomic E-state index is 12.6. The van der Waals surface area contributed by atoms with Gasteiger partial charge in [-0.1, -0.05) is 41.1 Å². The number of rotatable bonds is 5. The molecule has 4 amide bonds. The fourth-order valence-electron chi connectivity index (χ4n) is 2.35. The Morgan fingerprint density at radius 3 is 2.68 bits per heavy atom. The summed E-state index contributed by atoms with van der Waals surface area (Å²) in [4.78, 5) is 37.5. The number of amides is 4. The molecule has 1 unspecified atom stereocenters. The number of carbonyl (C=O) groups is 3. The first-order chi connectivity index (χ1) is 10.4. The molecular weight excluding hydrogens is 350 g/mol. The molecule has 1 aromatic carbocycles. The molecule has 1 aliphatic heterocycles. The van der Waals surface area contributed by atoms with Crippen LogP contribution in [0.4, 0.5) is 4.79 Å². The Kier molecular flexibility index (Phi) is 4.85. The predicted molar refractivity (Wildman–Crippen MR) is 85.0 cm³/mol. The van der Waals surface area contributed by atoms with Gasteiger partial charge in [-0.05, 0) is 19.4 Å². The molecule has 2 N–H and O–H groups in total. The molecule has 118 valence electrons. The van der Waals surface area contributed by atoms with E-state index in [4.69, 9.17) is 0 Å². The molecule has 1 heterocycles. The van der Waals surface area contributed by atoms with Gasteiger partial charge in [0, 0.05) is 16.6 Å². The average Bonchev–Trinajstić information content (AvgIpc) is 2.70. The second kappa shape index (κ2) is 6.48. The van der Waals surface area contributed by atoms with Crippen molar-refractivity contribution in [2.24, 2.45) is 0 Å². The van der Waals surface area contributed by atoms with E-state index in [1.807, 2.05) is 13.0 Å². The number of nitrogens with one attached hydrogen (secondary N) is 2. The minimum atomic E-state index is -1.18. The Balaban J connectivity index is 2.21. The molecule has 1 atom stereocenters. The maximum absolute atomic E-state index is 12.6. The van der Waals surface area contributed by atoms with E-state index in [0.717, 1.165) is 15.8 Å². The topological polar surface area (TPSA) is 78.5 Å². The number of hydrogen-bond donors (Lipinski definition) is 2. The number of nitrogens with zero attached hydrogens (tertiary/aromatic N) is 1. The minimum Gasteiger partial charge on any atom is -0.355 e. The van der Waals surface area contributed by atoms with Crippen molar-refractivity contribution in [2.45, 2.75) is 25.8 Å². The van der Waals surface area contributed by atoms with Gasteiger partial charge in [0.2, 0.25) is 5.91 Å². The van der Waals surface area contributed by atoms with Crippen LogP contribution in [0.3, 0.4) is 0 Å². The largest absolute Gasteiger partial charge is 0.355 e. The van der Waals surface area contributed by atoms with Crippen LogP contribution in [0.5, 0.6) is 0 Å². The molecule has 1 aliphatic rings. The second-order valence-electron chi connectivity index (χ2n) is 5.28. The molecule has 0 spiro atoms. The Hall–Kier alpha value is -1.89. The monoisotopic (exact) mass is 367 g/mol. The highest BCUT2D eigenvalue weighted by atomic mass is 79.9. The van der Waals surface area contributed by atoms with E-state index in [-0.39, 0.29) is 12.5 Å². The highest BCUT2D eigenvalue weighted by molar-refractivity contribution is 9.10. The lowest BCUT2D eigenvalue weighted by Crippen LogP contribution is -2.43. The molecule has 0 saturated carbocycles. The number of halogens is 1. The minimum absolute atomic E-state index is 0.273.